The Kier molecular flexibility index (Phi) is 2.76. The molecule has 3 rings (SSSR count). The van der Waals surface area contributed by atoms with E-state index < -0.39 is 0 Å². The van der Waals surface area contributed by atoms with Crippen LogP contribution in [0.4, 0.5) is 5.95 Å². The number of hydrogen-bond acceptors (Lipinski definition) is 4. The number of aryl methyl sites for hydroxylation is 1. The summed E-state index contributed by atoms with van der Waals surface area (Å²) in [5, 5.41) is 0.645. The topological polar surface area (TPSA) is 58.2 Å². The second-order valence-electron chi connectivity index (χ2n) is 4.51. The van der Waals surface area contributed by atoms with E-state index in [0.717, 1.165) is 24.2 Å². The minimum absolute atomic E-state index is 0.0785. The molecule has 0 bridgehead atoms. The summed E-state index contributed by atoms with van der Waals surface area (Å²) in [7, 11) is 0. The van der Waals surface area contributed by atoms with E-state index in [4.69, 9.17) is 4.74 Å². The number of H-pyrrole nitrogens is 1. The SMILES string of the molecule is Cc1ccc2nc(N3CCOCC3)[nH]c(=O)c2c1. The highest BCUT2D eigenvalue weighted by Gasteiger charge is 2.14. The van der Waals surface area contributed by atoms with Crippen LogP contribution in [0.5, 0.6) is 0 Å². The predicted molar refractivity (Wildman–Crippen MR) is 70.1 cm³/mol. The van der Waals surface area contributed by atoms with Crippen molar-refractivity contribution in [1.82, 2.24) is 9.97 Å². The van der Waals surface area contributed by atoms with E-state index in [0.29, 0.717) is 24.5 Å². The first-order valence-electron chi connectivity index (χ1n) is 6.07. The molecule has 1 fully saturated rings. The summed E-state index contributed by atoms with van der Waals surface area (Å²) >= 11 is 0. The van der Waals surface area contributed by atoms with Gasteiger partial charge in [0.05, 0.1) is 24.1 Å². The van der Waals surface area contributed by atoms with E-state index in [-0.39, 0.29) is 5.56 Å². The maximum absolute atomic E-state index is 12.0. The Morgan fingerprint density at radius 3 is 2.89 bits per heavy atom. The van der Waals surface area contributed by atoms with Gasteiger partial charge in [0, 0.05) is 13.1 Å². The number of aromatic amines is 1. The van der Waals surface area contributed by atoms with Crippen molar-refractivity contribution in [3.8, 4) is 0 Å². The van der Waals surface area contributed by atoms with Gasteiger partial charge in [-0.1, -0.05) is 11.6 Å². The molecular weight excluding hydrogens is 230 g/mol. The number of benzene rings is 1. The van der Waals surface area contributed by atoms with Crippen LogP contribution < -0.4 is 10.5 Å². The van der Waals surface area contributed by atoms with Gasteiger partial charge in [0.2, 0.25) is 5.95 Å². The monoisotopic (exact) mass is 245 g/mol. The number of ether oxygens (including phenoxy) is 1. The van der Waals surface area contributed by atoms with Crippen molar-refractivity contribution < 1.29 is 4.74 Å². The van der Waals surface area contributed by atoms with E-state index in [1.165, 1.54) is 0 Å². The number of rotatable bonds is 1. The Morgan fingerprint density at radius 1 is 1.33 bits per heavy atom. The average molecular weight is 245 g/mol. The van der Waals surface area contributed by atoms with Gasteiger partial charge in [-0.05, 0) is 19.1 Å². The maximum Gasteiger partial charge on any atom is 0.260 e. The molecule has 1 aromatic carbocycles. The number of nitrogens with one attached hydrogen (secondary N) is 1. The van der Waals surface area contributed by atoms with Crippen LogP contribution in [-0.2, 0) is 4.74 Å². The molecule has 0 unspecified atom stereocenters. The van der Waals surface area contributed by atoms with Crippen molar-refractivity contribution in [2.24, 2.45) is 0 Å². The number of fused-ring (bicyclic) bond motifs is 1. The Balaban J connectivity index is 2.09. The molecule has 0 saturated carbocycles. The van der Waals surface area contributed by atoms with E-state index in [9.17, 15) is 4.79 Å². The molecule has 0 amide bonds. The largest absolute Gasteiger partial charge is 0.378 e. The van der Waals surface area contributed by atoms with Gasteiger partial charge in [0.1, 0.15) is 0 Å². The molecule has 5 nitrogen and oxygen atoms in total. The average Bonchev–Trinajstić information content (AvgIpc) is 2.40. The van der Waals surface area contributed by atoms with Gasteiger partial charge >= 0.3 is 0 Å². The van der Waals surface area contributed by atoms with E-state index in [2.05, 4.69) is 9.97 Å². The van der Waals surface area contributed by atoms with Crippen LogP contribution >= 0.6 is 0 Å². The van der Waals surface area contributed by atoms with Gasteiger partial charge in [0.25, 0.3) is 5.56 Å². The molecule has 2 heterocycles. The maximum atomic E-state index is 12.0. The zero-order valence-corrected chi connectivity index (χ0v) is 10.3. The lowest BCUT2D eigenvalue weighted by molar-refractivity contribution is 0.122. The fourth-order valence-corrected chi connectivity index (χ4v) is 2.17. The minimum atomic E-state index is -0.0785. The molecule has 5 heteroatoms. The van der Waals surface area contributed by atoms with Crippen LogP contribution in [0.25, 0.3) is 10.9 Å². The number of nitrogens with zero attached hydrogens (tertiary/aromatic N) is 2. The summed E-state index contributed by atoms with van der Waals surface area (Å²) in [6, 6.07) is 5.73. The molecule has 94 valence electrons. The van der Waals surface area contributed by atoms with E-state index >= 15 is 0 Å². The second kappa shape index (κ2) is 4.42. The highest BCUT2D eigenvalue weighted by atomic mass is 16.5. The second-order valence-corrected chi connectivity index (χ2v) is 4.51. The molecule has 1 aliphatic heterocycles. The van der Waals surface area contributed by atoms with Crippen molar-refractivity contribution in [3.05, 3.63) is 34.1 Å². The summed E-state index contributed by atoms with van der Waals surface area (Å²) in [6.07, 6.45) is 0. The zero-order chi connectivity index (χ0) is 12.5. The van der Waals surface area contributed by atoms with Crippen LogP contribution in [0, 0.1) is 6.92 Å². The lowest BCUT2D eigenvalue weighted by Crippen LogP contribution is -2.38. The molecule has 1 N–H and O–H groups in total. The van der Waals surface area contributed by atoms with Gasteiger partial charge in [-0.15, -0.1) is 0 Å². The van der Waals surface area contributed by atoms with Crippen LogP contribution in [0.2, 0.25) is 0 Å². The number of aromatic nitrogens is 2. The van der Waals surface area contributed by atoms with Crippen LogP contribution in [0.1, 0.15) is 5.56 Å². The fraction of sp³-hybridized carbons (Fsp3) is 0.385. The number of morpholine rings is 1. The predicted octanol–water partition coefficient (Wildman–Crippen LogP) is 1.07. The zero-order valence-electron chi connectivity index (χ0n) is 10.3. The van der Waals surface area contributed by atoms with Gasteiger partial charge in [-0.2, -0.15) is 0 Å². The van der Waals surface area contributed by atoms with Crippen LogP contribution in [0.3, 0.4) is 0 Å². The van der Waals surface area contributed by atoms with Gasteiger partial charge in [-0.3, -0.25) is 9.78 Å². The molecule has 1 aromatic heterocycles. The normalized spacial score (nSPS) is 16.2. The summed E-state index contributed by atoms with van der Waals surface area (Å²) in [5.74, 6) is 0.639. The van der Waals surface area contributed by atoms with Crippen molar-refractivity contribution in [2.45, 2.75) is 6.92 Å². The van der Waals surface area contributed by atoms with Crippen molar-refractivity contribution in [3.63, 3.8) is 0 Å². The van der Waals surface area contributed by atoms with Crippen LogP contribution in [0.15, 0.2) is 23.0 Å². The van der Waals surface area contributed by atoms with Gasteiger partial charge in [-0.25, -0.2) is 4.98 Å². The Labute approximate surface area is 104 Å². The molecule has 1 aliphatic rings. The smallest absolute Gasteiger partial charge is 0.260 e. The first-order valence-corrected chi connectivity index (χ1v) is 6.07. The van der Waals surface area contributed by atoms with Gasteiger partial charge in [0.15, 0.2) is 0 Å². The molecule has 1 saturated heterocycles. The molecule has 0 aliphatic carbocycles. The van der Waals surface area contributed by atoms with Crippen molar-refractivity contribution >= 4 is 16.9 Å². The first-order chi connectivity index (χ1) is 8.74. The fourth-order valence-electron chi connectivity index (χ4n) is 2.17. The number of hydrogen-bond donors (Lipinski definition) is 1. The molecule has 0 radical (unpaired) electrons. The lowest BCUT2D eigenvalue weighted by atomic mass is 10.2. The molecule has 0 spiro atoms. The lowest BCUT2D eigenvalue weighted by Gasteiger charge is -2.27. The quantitative estimate of drug-likeness (QED) is 0.816. The van der Waals surface area contributed by atoms with E-state index in [1.807, 2.05) is 30.0 Å². The summed E-state index contributed by atoms with van der Waals surface area (Å²) in [6.45, 7) is 4.85. The highest BCUT2D eigenvalue weighted by Crippen LogP contribution is 2.14. The Morgan fingerprint density at radius 2 is 2.11 bits per heavy atom. The third-order valence-corrected chi connectivity index (χ3v) is 3.16. The third-order valence-electron chi connectivity index (χ3n) is 3.16. The van der Waals surface area contributed by atoms with Crippen molar-refractivity contribution in [2.75, 3.05) is 31.2 Å². The number of anilines is 1. The molecule has 0 atom stereocenters. The standard InChI is InChI=1S/C13H15N3O2/c1-9-2-3-11-10(8-9)12(17)15-13(14-11)16-4-6-18-7-5-16/h2-3,8H,4-7H2,1H3,(H,14,15,17). The van der Waals surface area contributed by atoms with Crippen LogP contribution in [-0.4, -0.2) is 36.3 Å². The first kappa shape index (κ1) is 11.2. The van der Waals surface area contributed by atoms with Crippen molar-refractivity contribution in [1.29, 1.82) is 0 Å². The van der Waals surface area contributed by atoms with E-state index in [1.54, 1.807) is 0 Å². The molecule has 18 heavy (non-hydrogen) atoms. The summed E-state index contributed by atoms with van der Waals surface area (Å²) < 4.78 is 5.29. The molecular formula is C13H15N3O2. The Hall–Kier alpha value is -1.88. The van der Waals surface area contributed by atoms with Gasteiger partial charge < -0.3 is 9.64 Å². The summed E-state index contributed by atoms with van der Waals surface area (Å²) in [5.41, 5.74) is 1.73. The molecule has 2 aromatic rings. The highest BCUT2D eigenvalue weighted by molar-refractivity contribution is 5.79. The third kappa shape index (κ3) is 1.97. The Bertz CT molecular complexity index is 630. The summed E-state index contributed by atoms with van der Waals surface area (Å²) in [4.78, 5) is 21.5. The minimum Gasteiger partial charge on any atom is -0.378 e.